The van der Waals surface area contributed by atoms with E-state index in [0.717, 1.165) is 24.8 Å². The van der Waals surface area contributed by atoms with Crippen molar-refractivity contribution in [2.24, 2.45) is 0 Å². The molecule has 1 aromatic rings. The molecule has 82 valence electrons. The van der Waals surface area contributed by atoms with Crippen molar-refractivity contribution >= 4 is 0 Å². The van der Waals surface area contributed by atoms with Gasteiger partial charge in [0.05, 0.1) is 6.10 Å². The SMILES string of the molecule is CN(C)[C@H]1CCc2ccccc2[C@H](O)C1. The Bertz CT molecular complexity index is 335. The number of nitrogens with zero attached hydrogens (tertiary/aromatic N) is 1. The van der Waals surface area contributed by atoms with Gasteiger partial charge in [-0.2, -0.15) is 0 Å². The van der Waals surface area contributed by atoms with Gasteiger partial charge < -0.3 is 10.0 Å². The molecule has 15 heavy (non-hydrogen) atoms. The van der Waals surface area contributed by atoms with Crippen molar-refractivity contribution in [3.63, 3.8) is 0 Å². The maximum atomic E-state index is 10.1. The van der Waals surface area contributed by atoms with Crippen molar-refractivity contribution in [3.05, 3.63) is 35.4 Å². The molecule has 2 nitrogen and oxygen atoms in total. The lowest BCUT2D eigenvalue weighted by Crippen LogP contribution is -2.28. The molecule has 1 aromatic carbocycles. The highest BCUT2D eigenvalue weighted by Gasteiger charge is 2.23. The van der Waals surface area contributed by atoms with Crippen LogP contribution in [-0.2, 0) is 6.42 Å². The number of rotatable bonds is 1. The first-order valence-corrected chi connectivity index (χ1v) is 5.61. The minimum absolute atomic E-state index is 0.295. The zero-order chi connectivity index (χ0) is 10.8. The van der Waals surface area contributed by atoms with E-state index in [1.165, 1.54) is 5.56 Å². The van der Waals surface area contributed by atoms with Crippen LogP contribution in [0.15, 0.2) is 24.3 Å². The minimum Gasteiger partial charge on any atom is -0.388 e. The molecule has 0 unspecified atom stereocenters. The monoisotopic (exact) mass is 205 g/mol. The van der Waals surface area contributed by atoms with Crippen molar-refractivity contribution in [2.45, 2.75) is 31.4 Å². The Morgan fingerprint density at radius 3 is 2.73 bits per heavy atom. The van der Waals surface area contributed by atoms with Crippen LogP contribution in [0.5, 0.6) is 0 Å². The smallest absolute Gasteiger partial charge is 0.0807 e. The molecule has 0 bridgehead atoms. The van der Waals surface area contributed by atoms with Gasteiger partial charge in [-0.25, -0.2) is 0 Å². The standard InChI is InChI=1S/C13H19NO/c1-14(2)11-8-7-10-5-3-4-6-12(10)13(15)9-11/h3-6,11,13,15H,7-9H2,1-2H3/t11-,13+/m0/s1. The van der Waals surface area contributed by atoms with Crippen LogP contribution in [0, 0.1) is 0 Å². The summed E-state index contributed by atoms with van der Waals surface area (Å²) in [6.45, 7) is 0. The van der Waals surface area contributed by atoms with E-state index >= 15 is 0 Å². The summed E-state index contributed by atoms with van der Waals surface area (Å²) in [6.07, 6.45) is 2.78. The molecule has 2 heteroatoms. The molecule has 0 heterocycles. The van der Waals surface area contributed by atoms with Gasteiger partial charge in [0.25, 0.3) is 0 Å². The Labute approximate surface area is 91.5 Å². The molecule has 0 spiro atoms. The molecule has 1 aliphatic carbocycles. The van der Waals surface area contributed by atoms with E-state index in [-0.39, 0.29) is 6.10 Å². The van der Waals surface area contributed by atoms with E-state index < -0.39 is 0 Å². The van der Waals surface area contributed by atoms with E-state index in [1.54, 1.807) is 0 Å². The third-order valence-corrected chi connectivity index (χ3v) is 3.39. The van der Waals surface area contributed by atoms with Gasteiger partial charge in [-0.1, -0.05) is 24.3 Å². The van der Waals surface area contributed by atoms with Crippen molar-refractivity contribution in [1.82, 2.24) is 4.90 Å². The Morgan fingerprint density at radius 1 is 1.27 bits per heavy atom. The van der Waals surface area contributed by atoms with Gasteiger partial charge in [0.2, 0.25) is 0 Å². The van der Waals surface area contributed by atoms with Gasteiger partial charge in [-0.05, 0) is 44.5 Å². The fourth-order valence-electron chi connectivity index (χ4n) is 2.38. The third-order valence-electron chi connectivity index (χ3n) is 3.39. The van der Waals surface area contributed by atoms with E-state index in [0.29, 0.717) is 6.04 Å². The maximum Gasteiger partial charge on any atom is 0.0807 e. The second-order valence-electron chi connectivity index (χ2n) is 4.61. The predicted octanol–water partition coefficient (Wildman–Crippen LogP) is 1.99. The summed E-state index contributed by atoms with van der Waals surface area (Å²) in [7, 11) is 4.18. The molecule has 2 rings (SSSR count). The Morgan fingerprint density at radius 2 is 2.00 bits per heavy atom. The molecule has 1 N–H and O–H groups in total. The Hall–Kier alpha value is -0.860. The third kappa shape index (κ3) is 2.21. The van der Waals surface area contributed by atoms with E-state index in [4.69, 9.17) is 0 Å². The summed E-state index contributed by atoms with van der Waals surface area (Å²) in [4.78, 5) is 2.22. The summed E-state index contributed by atoms with van der Waals surface area (Å²) in [5, 5.41) is 10.1. The first-order chi connectivity index (χ1) is 7.18. The van der Waals surface area contributed by atoms with Crippen LogP contribution in [0.2, 0.25) is 0 Å². The average molecular weight is 205 g/mol. The first kappa shape index (κ1) is 10.7. The zero-order valence-electron chi connectivity index (χ0n) is 9.48. The quantitative estimate of drug-likeness (QED) is 0.709. The lowest BCUT2D eigenvalue weighted by atomic mass is 10.0. The lowest BCUT2D eigenvalue weighted by Gasteiger charge is -2.23. The van der Waals surface area contributed by atoms with Gasteiger partial charge in [-0.3, -0.25) is 0 Å². The molecule has 2 atom stereocenters. The molecule has 0 saturated heterocycles. The summed E-state index contributed by atoms with van der Waals surface area (Å²) < 4.78 is 0. The summed E-state index contributed by atoms with van der Waals surface area (Å²) >= 11 is 0. The molecular weight excluding hydrogens is 186 g/mol. The molecule has 0 fully saturated rings. The number of fused-ring (bicyclic) bond motifs is 1. The van der Waals surface area contributed by atoms with Crippen LogP contribution >= 0.6 is 0 Å². The molecule has 0 amide bonds. The average Bonchev–Trinajstić information content (AvgIpc) is 2.39. The summed E-state index contributed by atoms with van der Waals surface area (Å²) in [5.41, 5.74) is 2.44. The zero-order valence-corrected chi connectivity index (χ0v) is 9.48. The van der Waals surface area contributed by atoms with Gasteiger partial charge in [0, 0.05) is 6.04 Å². The Balaban J connectivity index is 2.24. The highest BCUT2D eigenvalue weighted by Crippen LogP contribution is 2.29. The number of hydrogen-bond acceptors (Lipinski definition) is 2. The van der Waals surface area contributed by atoms with Crippen LogP contribution in [0.1, 0.15) is 30.1 Å². The van der Waals surface area contributed by atoms with Crippen LogP contribution in [0.3, 0.4) is 0 Å². The van der Waals surface area contributed by atoms with E-state index in [1.807, 2.05) is 6.07 Å². The lowest BCUT2D eigenvalue weighted by molar-refractivity contribution is 0.126. The fraction of sp³-hybridized carbons (Fsp3) is 0.538. The fourth-order valence-corrected chi connectivity index (χ4v) is 2.38. The summed E-state index contributed by atoms with van der Waals surface area (Å²) in [6, 6.07) is 8.75. The maximum absolute atomic E-state index is 10.1. The van der Waals surface area contributed by atoms with Crippen LogP contribution in [0.4, 0.5) is 0 Å². The van der Waals surface area contributed by atoms with Crippen LogP contribution in [0.25, 0.3) is 0 Å². The topological polar surface area (TPSA) is 23.5 Å². The van der Waals surface area contributed by atoms with Crippen molar-refractivity contribution < 1.29 is 5.11 Å². The predicted molar refractivity (Wildman–Crippen MR) is 61.8 cm³/mol. The van der Waals surface area contributed by atoms with Crippen LogP contribution in [-0.4, -0.2) is 30.1 Å². The largest absolute Gasteiger partial charge is 0.388 e. The molecule has 0 radical (unpaired) electrons. The Kier molecular flexibility index (Phi) is 3.08. The summed E-state index contributed by atoms with van der Waals surface area (Å²) in [5.74, 6) is 0. The second-order valence-corrected chi connectivity index (χ2v) is 4.61. The molecular formula is C13H19NO. The normalized spacial score (nSPS) is 26.1. The molecule has 0 aliphatic heterocycles. The highest BCUT2D eigenvalue weighted by molar-refractivity contribution is 5.30. The van der Waals surface area contributed by atoms with Crippen molar-refractivity contribution in [2.75, 3.05) is 14.1 Å². The van der Waals surface area contributed by atoms with E-state index in [9.17, 15) is 5.11 Å². The van der Waals surface area contributed by atoms with Gasteiger partial charge >= 0.3 is 0 Å². The number of hydrogen-bond donors (Lipinski definition) is 1. The van der Waals surface area contributed by atoms with Gasteiger partial charge in [0.15, 0.2) is 0 Å². The molecule has 0 aromatic heterocycles. The van der Waals surface area contributed by atoms with Crippen molar-refractivity contribution in [1.29, 1.82) is 0 Å². The van der Waals surface area contributed by atoms with Gasteiger partial charge in [0.1, 0.15) is 0 Å². The highest BCUT2D eigenvalue weighted by atomic mass is 16.3. The second kappa shape index (κ2) is 4.33. The number of benzene rings is 1. The minimum atomic E-state index is -0.295. The number of aliphatic hydroxyl groups excluding tert-OH is 1. The molecule has 0 saturated carbocycles. The van der Waals surface area contributed by atoms with Crippen LogP contribution < -0.4 is 0 Å². The molecule has 1 aliphatic rings. The van der Waals surface area contributed by atoms with Gasteiger partial charge in [-0.15, -0.1) is 0 Å². The number of aryl methyl sites for hydroxylation is 1. The van der Waals surface area contributed by atoms with E-state index in [2.05, 4.69) is 37.2 Å². The number of aliphatic hydroxyl groups is 1. The first-order valence-electron chi connectivity index (χ1n) is 5.61. The van der Waals surface area contributed by atoms with Crippen molar-refractivity contribution in [3.8, 4) is 0 Å².